The van der Waals surface area contributed by atoms with Crippen LogP contribution in [0.2, 0.25) is 0 Å². The lowest BCUT2D eigenvalue weighted by molar-refractivity contribution is 0.260. The van der Waals surface area contributed by atoms with E-state index >= 15 is 0 Å². The van der Waals surface area contributed by atoms with Crippen LogP contribution in [-0.2, 0) is 11.4 Å². The molecule has 18 heavy (non-hydrogen) atoms. The van der Waals surface area contributed by atoms with Crippen LogP contribution in [0.1, 0.15) is 5.69 Å². The van der Waals surface area contributed by atoms with E-state index in [1.165, 1.54) is 7.11 Å². The van der Waals surface area contributed by atoms with Crippen molar-refractivity contribution >= 4 is 16.9 Å². The first-order valence-electron chi connectivity index (χ1n) is 5.27. The molecule has 0 amide bonds. The molecule has 2 aromatic heterocycles. The van der Waals surface area contributed by atoms with E-state index in [1.54, 1.807) is 4.68 Å². The van der Waals surface area contributed by atoms with Crippen LogP contribution < -0.4 is 5.48 Å². The Labute approximate surface area is 101 Å². The highest BCUT2D eigenvalue weighted by atomic mass is 16.6. The summed E-state index contributed by atoms with van der Waals surface area (Å²) in [7, 11) is 1.49. The summed E-state index contributed by atoms with van der Waals surface area (Å²) in [4.78, 5) is 4.78. The average molecular weight is 246 g/mol. The topological polar surface area (TPSA) is 90.9 Å². The van der Waals surface area contributed by atoms with Crippen LogP contribution in [0, 0.1) is 0 Å². The molecule has 0 bridgehead atoms. The molecule has 0 aliphatic rings. The number of benzene rings is 1. The van der Waals surface area contributed by atoms with Gasteiger partial charge in [0.25, 0.3) is 0 Å². The van der Waals surface area contributed by atoms with E-state index in [4.69, 9.17) is 4.84 Å². The molecule has 92 valence electrons. The number of nitrogens with zero attached hydrogens (tertiary/aromatic N) is 5. The van der Waals surface area contributed by atoms with Gasteiger partial charge in [-0.05, 0) is 17.3 Å². The fourth-order valence-corrected chi connectivity index (χ4v) is 1.66. The Bertz CT molecular complexity index is 661. The van der Waals surface area contributed by atoms with Gasteiger partial charge in [-0.25, -0.2) is 14.8 Å². The van der Waals surface area contributed by atoms with Crippen LogP contribution in [0.25, 0.3) is 11.0 Å². The standard InChI is InChI=1S/C10H10N6O2/c1-17-13-10-8(12-18-14-10)6-16-9-5-3-2-4-7(9)11-15-16/h2-5H,6H2,1H3,(H,13,14). The molecular weight excluding hydrogens is 236 g/mol. The van der Waals surface area contributed by atoms with Crippen molar-refractivity contribution in [3.8, 4) is 0 Å². The SMILES string of the molecule is CONc1nonc1Cn1nnc2ccccc21. The Hall–Kier alpha value is -2.48. The van der Waals surface area contributed by atoms with Crippen molar-refractivity contribution in [1.29, 1.82) is 0 Å². The highest BCUT2D eigenvalue weighted by Crippen LogP contribution is 2.15. The lowest BCUT2D eigenvalue weighted by atomic mass is 10.3. The maximum Gasteiger partial charge on any atom is 0.219 e. The maximum atomic E-state index is 4.78. The van der Waals surface area contributed by atoms with Gasteiger partial charge in [0.1, 0.15) is 5.52 Å². The normalized spacial score (nSPS) is 10.9. The number of aromatic nitrogens is 5. The molecule has 0 aliphatic carbocycles. The highest BCUT2D eigenvalue weighted by Gasteiger charge is 2.12. The predicted octanol–water partition coefficient (Wildman–Crippen LogP) is 0.836. The van der Waals surface area contributed by atoms with Gasteiger partial charge in [0.15, 0.2) is 5.69 Å². The lowest BCUT2D eigenvalue weighted by Gasteiger charge is -2.01. The number of anilines is 1. The smallest absolute Gasteiger partial charge is 0.219 e. The summed E-state index contributed by atoms with van der Waals surface area (Å²) in [6.07, 6.45) is 0. The van der Waals surface area contributed by atoms with Crippen molar-refractivity contribution in [3.63, 3.8) is 0 Å². The van der Waals surface area contributed by atoms with Crippen LogP contribution in [0.3, 0.4) is 0 Å². The van der Waals surface area contributed by atoms with Gasteiger partial charge in [0.2, 0.25) is 5.82 Å². The van der Waals surface area contributed by atoms with Gasteiger partial charge < -0.3 is 0 Å². The largest absolute Gasteiger partial charge is 0.278 e. The summed E-state index contributed by atoms with van der Waals surface area (Å²) >= 11 is 0. The fourth-order valence-electron chi connectivity index (χ4n) is 1.66. The molecule has 8 nitrogen and oxygen atoms in total. The zero-order valence-electron chi connectivity index (χ0n) is 9.57. The molecule has 0 fully saturated rings. The summed E-state index contributed by atoms with van der Waals surface area (Å²) in [5.74, 6) is 0.428. The summed E-state index contributed by atoms with van der Waals surface area (Å²) in [5.41, 5.74) is 4.93. The van der Waals surface area contributed by atoms with Gasteiger partial charge >= 0.3 is 0 Å². The molecule has 0 radical (unpaired) electrons. The number of hydrogen-bond donors (Lipinski definition) is 1. The molecule has 1 N–H and O–H groups in total. The van der Waals surface area contributed by atoms with Crippen molar-refractivity contribution in [2.75, 3.05) is 12.6 Å². The van der Waals surface area contributed by atoms with E-state index in [9.17, 15) is 0 Å². The van der Waals surface area contributed by atoms with Crippen LogP contribution >= 0.6 is 0 Å². The second-order valence-corrected chi connectivity index (χ2v) is 3.60. The van der Waals surface area contributed by atoms with Crippen LogP contribution in [0.4, 0.5) is 5.82 Å². The maximum absolute atomic E-state index is 4.78. The van der Waals surface area contributed by atoms with Crippen LogP contribution in [0.5, 0.6) is 0 Å². The van der Waals surface area contributed by atoms with Gasteiger partial charge in [-0.15, -0.1) is 5.10 Å². The second-order valence-electron chi connectivity index (χ2n) is 3.60. The Morgan fingerprint density at radius 1 is 1.33 bits per heavy atom. The van der Waals surface area contributed by atoms with Crippen LogP contribution in [0.15, 0.2) is 28.9 Å². The van der Waals surface area contributed by atoms with Crippen LogP contribution in [-0.4, -0.2) is 32.4 Å². The Kier molecular flexibility index (Phi) is 2.61. The van der Waals surface area contributed by atoms with Gasteiger partial charge in [-0.2, -0.15) is 0 Å². The molecule has 8 heteroatoms. The Morgan fingerprint density at radius 2 is 2.22 bits per heavy atom. The first-order chi connectivity index (χ1) is 8.88. The minimum atomic E-state index is 0.399. The summed E-state index contributed by atoms with van der Waals surface area (Å²) in [6.45, 7) is 0.399. The van der Waals surface area contributed by atoms with Crippen molar-refractivity contribution in [2.45, 2.75) is 6.54 Å². The number of para-hydroxylation sites is 1. The monoisotopic (exact) mass is 246 g/mol. The molecule has 0 atom stereocenters. The zero-order valence-corrected chi connectivity index (χ0v) is 9.57. The van der Waals surface area contributed by atoms with Gasteiger partial charge in [-0.1, -0.05) is 22.5 Å². The fraction of sp³-hybridized carbons (Fsp3) is 0.200. The minimum Gasteiger partial charge on any atom is -0.278 e. The van der Waals surface area contributed by atoms with E-state index in [0.29, 0.717) is 18.1 Å². The molecule has 0 spiro atoms. The third kappa shape index (κ3) is 1.78. The van der Waals surface area contributed by atoms with Gasteiger partial charge in [0.05, 0.1) is 19.2 Å². The number of hydrogen-bond acceptors (Lipinski definition) is 7. The minimum absolute atomic E-state index is 0.399. The molecule has 1 aromatic carbocycles. The molecule has 0 unspecified atom stereocenters. The van der Waals surface area contributed by atoms with Crippen molar-refractivity contribution < 1.29 is 9.47 Å². The second kappa shape index (κ2) is 4.41. The molecular formula is C10H10N6O2. The molecule has 3 aromatic rings. The average Bonchev–Trinajstić information content (AvgIpc) is 2.99. The first-order valence-corrected chi connectivity index (χ1v) is 5.27. The number of fused-ring (bicyclic) bond motifs is 1. The van der Waals surface area contributed by atoms with E-state index < -0.39 is 0 Å². The summed E-state index contributed by atoms with van der Waals surface area (Å²) in [5, 5.41) is 15.6. The third-order valence-electron chi connectivity index (χ3n) is 2.47. The third-order valence-corrected chi connectivity index (χ3v) is 2.47. The molecule has 3 rings (SSSR count). The summed E-state index contributed by atoms with van der Waals surface area (Å²) in [6, 6.07) is 7.68. The Balaban J connectivity index is 1.94. The van der Waals surface area contributed by atoms with E-state index in [0.717, 1.165) is 11.0 Å². The summed E-state index contributed by atoms with van der Waals surface area (Å²) < 4.78 is 6.37. The van der Waals surface area contributed by atoms with E-state index in [1.807, 2.05) is 24.3 Å². The molecule has 2 heterocycles. The molecule has 0 saturated heterocycles. The van der Waals surface area contributed by atoms with Crippen molar-refractivity contribution in [2.24, 2.45) is 0 Å². The number of rotatable bonds is 4. The van der Waals surface area contributed by atoms with Crippen molar-refractivity contribution in [1.82, 2.24) is 25.3 Å². The molecule has 0 saturated carbocycles. The lowest BCUT2D eigenvalue weighted by Crippen LogP contribution is -2.06. The quantitative estimate of drug-likeness (QED) is 0.682. The van der Waals surface area contributed by atoms with E-state index in [2.05, 4.69) is 30.7 Å². The van der Waals surface area contributed by atoms with Crippen molar-refractivity contribution in [3.05, 3.63) is 30.0 Å². The Morgan fingerprint density at radius 3 is 3.11 bits per heavy atom. The predicted molar refractivity (Wildman–Crippen MR) is 61.6 cm³/mol. The van der Waals surface area contributed by atoms with Gasteiger partial charge in [-0.3, -0.25) is 4.84 Å². The zero-order chi connectivity index (χ0) is 12.4. The number of nitrogens with one attached hydrogen (secondary N) is 1. The molecule has 0 aliphatic heterocycles. The van der Waals surface area contributed by atoms with E-state index in [-0.39, 0.29) is 0 Å². The highest BCUT2D eigenvalue weighted by molar-refractivity contribution is 5.73. The van der Waals surface area contributed by atoms with Gasteiger partial charge in [0, 0.05) is 0 Å². The first kappa shape index (κ1) is 10.7.